The maximum Gasteiger partial charge on any atom is 0.263 e. The zero-order valence-electron chi connectivity index (χ0n) is 13.2. The van der Waals surface area contributed by atoms with Gasteiger partial charge in [-0.3, -0.25) is 14.2 Å². The van der Waals surface area contributed by atoms with Gasteiger partial charge in [-0.25, -0.2) is 4.98 Å². The number of fused-ring (bicyclic) bond motifs is 1. The summed E-state index contributed by atoms with van der Waals surface area (Å²) in [6, 6.07) is 9.03. The number of thiophene rings is 1. The van der Waals surface area contributed by atoms with E-state index in [0.717, 1.165) is 20.6 Å². The molecule has 3 aromatic rings. The number of nitrogens with zero attached hydrogens (tertiary/aromatic N) is 2. The van der Waals surface area contributed by atoms with Gasteiger partial charge in [0.2, 0.25) is 0 Å². The minimum atomic E-state index is -0.147. The number of aromatic nitrogens is 2. The summed E-state index contributed by atoms with van der Waals surface area (Å²) in [6.45, 7) is 2.05. The molecule has 0 aliphatic carbocycles. The lowest BCUT2D eigenvalue weighted by Gasteiger charge is -2.10. The van der Waals surface area contributed by atoms with Gasteiger partial charge in [0.15, 0.2) is 10.9 Å². The van der Waals surface area contributed by atoms with E-state index in [-0.39, 0.29) is 17.9 Å². The summed E-state index contributed by atoms with van der Waals surface area (Å²) in [7, 11) is 0. The van der Waals surface area contributed by atoms with Gasteiger partial charge >= 0.3 is 0 Å². The lowest BCUT2D eigenvalue weighted by atomic mass is 10.1. The van der Waals surface area contributed by atoms with Crippen LogP contribution in [-0.4, -0.2) is 21.6 Å². The van der Waals surface area contributed by atoms with E-state index in [1.54, 1.807) is 12.1 Å². The van der Waals surface area contributed by atoms with Crippen LogP contribution in [0.15, 0.2) is 44.8 Å². The molecule has 0 N–H and O–H groups in total. The molecule has 0 fully saturated rings. The van der Waals surface area contributed by atoms with Crippen molar-refractivity contribution in [1.82, 2.24) is 9.55 Å². The van der Waals surface area contributed by atoms with Gasteiger partial charge in [0.1, 0.15) is 4.83 Å². The molecular formula is C17H15BrN2O2S2. The Bertz CT molecular complexity index is 961. The number of halogens is 1. The molecule has 0 bridgehead atoms. The van der Waals surface area contributed by atoms with E-state index in [9.17, 15) is 9.59 Å². The van der Waals surface area contributed by atoms with Crippen LogP contribution in [0.1, 0.15) is 22.2 Å². The Morgan fingerprint density at radius 2 is 2.04 bits per heavy atom. The Kier molecular flexibility index (Phi) is 5.22. The highest BCUT2D eigenvalue weighted by Crippen LogP contribution is 2.24. The van der Waals surface area contributed by atoms with Crippen LogP contribution in [0.3, 0.4) is 0 Å². The molecule has 2 heterocycles. The van der Waals surface area contributed by atoms with Crippen molar-refractivity contribution in [1.29, 1.82) is 0 Å². The molecule has 0 spiro atoms. The van der Waals surface area contributed by atoms with Crippen molar-refractivity contribution < 1.29 is 4.79 Å². The van der Waals surface area contributed by atoms with Crippen molar-refractivity contribution in [2.45, 2.75) is 25.0 Å². The number of aryl methyl sites for hydroxylation is 1. The van der Waals surface area contributed by atoms with Crippen LogP contribution in [0.4, 0.5) is 0 Å². The lowest BCUT2D eigenvalue weighted by Crippen LogP contribution is -2.26. The van der Waals surface area contributed by atoms with Gasteiger partial charge in [-0.2, -0.15) is 0 Å². The predicted molar refractivity (Wildman–Crippen MR) is 104 cm³/mol. The normalized spacial score (nSPS) is 11.1. The summed E-state index contributed by atoms with van der Waals surface area (Å²) >= 11 is 6.27. The first kappa shape index (κ1) is 17.4. The van der Waals surface area contributed by atoms with Gasteiger partial charge < -0.3 is 0 Å². The fourth-order valence-electron chi connectivity index (χ4n) is 2.39. The van der Waals surface area contributed by atoms with E-state index in [1.165, 1.54) is 27.7 Å². The summed E-state index contributed by atoms with van der Waals surface area (Å²) in [4.78, 5) is 31.8. The second-order valence-corrected chi connectivity index (χ2v) is 8.01. The SMILES string of the molecule is CCc1cc2c(=O)n(CC(=O)c3ccc(Br)cc3)c(SC)nc2s1. The number of Topliss-reactive ketones (excluding diaryl/α,β-unsaturated/α-hetero) is 1. The van der Waals surface area contributed by atoms with Gasteiger partial charge in [0.05, 0.1) is 11.9 Å². The molecule has 0 unspecified atom stereocenters. The summed E-state index contributed by atoms with van der Waals surface area (Å²) < 4.78 is 2.39. The maximum absolute atomic E-state index is 12.8. The number of ketones is 1. The summed E-state index contributed by atoms with van der Waals surface area (Å²) in [5, 5.41) is 1.17. The first-order valence-electron chi connectivity index (χ1n) is 7.39. The number of rotatable bonds is 5. The van der Waals surface area contributed by atoms with Crippen LogP contribution in [-0.2, 0) is 13.0 Å². The molecule has 0 aliphatic heterocycles. The van der Waals surface area contributed by atoms with Crippen molar-refractivity contribution >= 4 is 55.0 Å². The average Bonchev–Trinajstić information content (AvgIpc) is 3.01. The number of carbonyl (C=O) groups is 1. The second-order valence-electron chi connectivity index (χ2n) is 5.20. The Morgan fingerprint density at radius 1 is 1.33 bits per heavy atom. The molecule has 0 saturated heterocycles. The van der Waals surface area contributed by atoms with Gasteiger partial charge in [-0.15, -0.1) is 11.3 Å². The summed E-state index contributed by atoms with van der Waals surface area (Å²) in [6.07, 6.45) is 2.73. The predicted octanol–water partition coefficient (Wildman–Crippen LogP) is 4.39. The molecule has 124 valence electrons. The highest BCUT2D eigenvalue weighted by Gasteiger charge is 2.16. The molecule has 3 rings (SSSR count). The molecule has 0 amide bonds. The van der Waals surface area contributed by atoms with Gasteiger partial charge in [0, 0.05) is 14.9 Å². The molecule has 0 atom stereocenters. The standard InChI is InChI=1S/C17H15BrN2O2S2/c1-3-12-8-13-15(24-12)19-17(23-2)20(16(13)22)9-14(21)10-4-6-11(18)7-5-10/h4-8H,3,9H2,1-2H3. The van der Waals surface area contributed by atoms with E-state index >= 15 is 0 Å². The highest BCUT2D eigenvalue weighted by molar-refractivity contribution is 9.10. The van der Waals surface area contributed by atoms with Crippen LogP contribution >= 0.6 is 39.0 Å². The molecule has 24 heavy (non-hydrogen) atoms. The van der Waals surface area contributed by atoms with Crippen LogP contribution in [0.25, 0.3) is 10.2 Å². The monoisotopic (exact) mass is 422 g/mol. The molecule has 0 saturated carbocycles. The first-order chi connectivity index (χ1) is 11.5. The van der Waals surface area contributed by atoms with E-state index in [0.29, 0.717) is 16.1 Å². The zero-order valence-corrected chi connectivity index (χ0v) is 16.4. The van der Waals surface area contributed by atoms with Crippen molar-refractivity contribution in [3.63, 3.8) is 0 Å². The lowest BCUT2D eigenvalue weighted by molar-refractivity contribution is 0.0967. The van der Waals surface area contributed by atoms with Crippen LogP contribution in [0, 0.1) is 0 Å². The average molecular weight is 423 g/mol. The largest absolute Gasteiger partial charge is 0.292 e. The van der Waals surface area contributed by atoms with E-state index in [4.69, 9.17) is 0 Å². The highest BCUT2D eigenvalue weighted by atomic mass is 79.9. The number of benzene rings is 1. The molecule has 0 radical (unpaired) electrons. The van der Waals surface area contributed by atoms with Gasteiger partial charge in [0.25, 0.3) is 5.56 Å². The van der Waals surface area contributed by atoms with Crippen LogP contribution < -0.4 is 5.56 Å². The quantitative estimate of drug-likeness (QED) is 0.347. The fraction of sp³-hybridized carbons (Fsp3) is 0.235. The van der Waals surface area contributed by atoms with Crippen LogP contribution in [0.5, 0.6) is 0 Å². The minimum Gasteiger partial charge on any atom is -0.292 e. The zero-order chi connectivity index (χ0) is 17.3. The minimum absolute atomic E-state index is 0.00309. The second kappa shape index (κ2) is 7.21. The molecule has 7 heteroatoms. The number of hydrogen-bond acceptors (Lipinski definition) is 5. The van der Waals surface area contributed by atoms with E-state index in [1.807, 2.05) is 24.5 Å². The number of thioether (sulfide) groups is 1. The van der Waals surface area contributed by atoms with E-state index < -0.39 is 0 Å². The Morgan fingerprint density at radius 3 is 2.67 bits per heavy atom. The van der Waals surface area contributed by atoms with Gasteiger partial charge in [-0.05, 0) is 30.9 Å². The Labute approximate surface area is 156 Å². The topological polar surface area (TPSA) is 52.0 Å². The third-order valence-electron chi connectivity index (χ3n) is 3.67. The Hall–Kier alpha value is -1.44. The molecule has 2 aromatic heterocycles. The maximum atomic E-state index is 12.8. The number of hydrogen-bond donors (Lipinski definition) is 0. The fourth-order valence-corrected chi connectivity index (χ4v) is 4.22. The van der Waals surface area contributed by atoms with Crippen LogP contribution in [0.2, 0.25) is 0 Å². The van der Waals surface area contributed by atoms with Gasteiger partial charge in [-0.1, -0.05) is 46.7 Å². The van der Waals surface area contributed by atoms with Crippen molar-refractivity contribution in [2.75, 3.05) is 6.26 Å². The first-order valence-corrected chi connectivity index (χ1v) is 10.2. The Balaban J connectivity index is 2.04. The third-order valence-corrected chi connectivity index (χ3v) is 6.04. The third kappa shape index (κ3) is 3.34. The summed E-state index contributed by atoms with van der Waals surface area (Å²) in [5.74, 6) is -0.105. The van der Waals surface area contributed by atoms with Crippen molar-refractivity contribution in [3.05, 3.63) is 55.6 Å². The molecule has 0 aliphatic rings. The molecule has 4 nitrogen and oxygen atoms in total. The summed E-state index contributed by atoms with van der Waals surface area (Å²) in [5.41, 5.74) is 0.433. The number of carbonyl (C=O) groups excluding carboxylic acids is 1. The molecule has 1 aromatic carbocycles. The van der Waals surface area contributed by atoms with Crippen molar-refractivity contribution in [3.8, 4) is 0 Å². The molecular weight excluding hydrogens is 408 g/mol. The van der Waals surface area contributed by atoms with E-state index in [2.05, 4.69) is 27.8 Å². The smallest absolute Gasteiger partial charge is 0.263 e. The van der Waals surface area contributed by atoms with Crippen molar-refractivity contribution in [2.24, 2.45) is 0 Å².